The molecule has 1 aliphatic heterocycles. The Kier molecular flexibility index (Phi) is 6.41. The maximum atomic E-state index is 13.2. The van der Waals surface area contributed by atoms with Gasteiger partial charge in [0.15, 0.2) is 0 Å². The maximum absolute atomic E-state index is 13.2. The number of anilines is 1. The van der Waals surface area contributed by atoms with Gasteiger partial charge in [0, 0.05) is 42.5 Å². The van der Waals surface area contributed by atoms with Crippen molar-refractivity contribution in [1.29, 1.82) is 0 Å². The average Bonchev–Trinajstić information content (AvgIpc) is 2.78. The molecule has 2 aromatic carbocycles. The van der Waals surface area contributed by atoms with E-state index >= 15 is 0 Å². The molecule has 0 saturated heterocycles. The lowest BCUT2D eigenvalue weighted by Gasteiger charge is -2.31. The molecule has 2 aromatic rings. The van der Waals surface area contributed by atoms with Crippen molar-refractivity contribution in [3.8, 4) is 0 Å². The van der Waals surface area contributed by atoms with Gasteiger partial charge in [-0.15, -0.1) is 0 Å². The number of carbonyl (C=O) groups excluding carboxylic acids is 1. The summed E-state index contributed by atoms with van der Waals surface area (Å²) in [5.41, 5.74) is 2.86. The molecule has 1 N–H and O–H groups in total. The van der Waals surface area contributed by atoms with Crippen molar-refractivity contribution in [3.63, 3.8) is 0 Å². The van der Waals surface area contributed by atoms with E-state index in [1.807, 2.05) is 30.3 Å². The van der Waals surface area contributed by atoms with Gasteiger partial charge in [-0.2, -0.15) is 0 Å². The second-order valence-corrected chi connectivity index (χ2v) is 8.61. The van der Waals surface area contributed by atoms with E-state index in [0.717, 1.165) is 53.3 Å². The maximum Gasteiger partial charge on any atom is 0.256 e. The summed E-state index contributed by atoms with van der Waals surface area (Å²) in [6.45, 7) is 4.92. The molecule has 1 amide bonds. The number of hydrogen-bond donors (Lipinski definition) is 1. The average molecular weight is 404 g/mol. The van der Waals surface area contributed by atoms with E-state index in [-0.39, 0.29) is 5.91 Å². The summed E-state index contributed by atoms with van der Waals surface area (Å²) in [5, 5.41) is 5.29. The largest absolute Gasteiger partial charge is 0.374 e. The van der Waals surface area contributed by atoms with Crippen molar-refractivity contribution >= 4 is 22.4 Å². The Labute approximate surface area is 180 Å². The molecular weight excluding hydrogens is 370 g/mol. The van der Waals surface area contributed by atoms with Gasteiger partial charge in [0.25, 0.3) is 5.91 Å². The monoisotopic (exact) mass is 403 g/mol. The van der Waals surface area contributed by atoms with Crippen LogP contribution in [0.4, 0.5) is 5.69 Å². The van der Waals surface area contributed by atoms with Crippen LogP contribution in [0, 0.1) is 5.92 Å². The first-order chi connectivity index (χ1) is 14.7. The predicted octanol–water partition coefficient (Wildman–Crippen LogP) is 5.32. The number of rotatable bonds is 6. The molecule has 0 atom stereocenters. The van der Waals surface area contributed by atoms with Gasteiger partial charge >= 0.3 is 0 Å². The Morgan fingerprint density at radius 1 is 1.10 bits per heavy atom. The number of allylic oxidation sites excluding steroid dienone is 2. The first kappa shape index (κ1) is 20.5. The van der Waals surface area contributed by atoms with Crippen LogP contribution in [0.3, 0.4) is 0 Å². The summed E-state index contributed by atoms with van der Waals surface area (Å²) in [4.78, 5) is 17.7. The third-order valence-corrected chi connectivity index (χ3v) is 6.49. The fraction of sp³-hybridized carbons (Fsp3) is 0.423. The minimum Gasteiger partial charge on any atom is -0.374 e. The molecule has 4 rings (SSSR count). The van der Waals surface area contributed by atoms with Gasteiger partial charge in [-0.1, -0.05) is 43.5 Å². The van der Waals surface area contributed by atoms with Gasteiger partial charge < -0.3 is 15.1 Å². The molecule has 1 aliphatic carbocycles. The van der Waals surface area contributed by atoms with Crippen LogP contribution >= 0.6 is 0 Å². The lowest BCUT2D eigenvalue weighted by atomic mass is 9.89. The highest BCUT2D eigenvalue weighted by Gasteiger charge is 2.19. The van der Waals surface area contributed by atoms with E-state index in [1.54, 1.807) is 0 Å². The first-order valence-electron chi connectivity index (χ1n) is 11.3. The highest BCUT2D eigenvalue weighted by Crippen LogP contribution is 2.29. The van der Waals surface area contributed by atoms with Crippen molar-refractivity contribution in [2.45, 2.75) is 39.0 Å². The number of nitrogens with one attached hydrogen (secondary N) is 1. The number of carbonyl (C=O) groups is 1. The van der Waals surface area contributed by atoms with Gasteiger partial charge in [0.1, 0.15) is 0 Å². The first-order valence-corrected chi connectivity index (χ1v) is 11.3. The summed E-state index contributed by atoms with van der Waals surface area (Å²) in [6, 6.07) is 12.2. The molecule has 0 unspecified atom stereocenters. The number of benzene rings is 2. The minimum atomic E-state index is -0.0314. The van der Waals surface area contributed by atoms with Gasteiger partial charge in [-0.3, -0.25) is 4.79 Å². The van der Waals surface area contributed by atoms with Crippen LogP contribution in [-0.2, 0) is 0 Å². The molecule has 2 aliphatic rings. The zero-order chi connectivity index (χ0) is 20.9. The van der Waals surface area contributed by atoms with Crippen molar-refractivity contribution in [2.75, 3.05) is 31.6 Å². The van der Waals surface area contributed by atoms with E-state index < -0.39 is 0 Å². The molecule has 30 heavy (non-hydrogen) atoms. The molecule has 158 valence electrons. The summed E-state index contributed by atoms with van der Waals surface area (Å²) in [6.07, 6.45) is 13.0. The second-order valence-electron chi connectivity index (χ2n) is 8.61. The normalized spacial score (nSPS) is 17.1. The van der Waals surface area contributed by atoms with Crippen molar-refractivity contribution < 1.29 is 4.79 Å². The highest BCUT2D eigenvalue weighted by molar-refractivity contribution is 6.10. The topological polar surface area (TPSA) is 35.6 Å². The fourth-order valence-electron chi connectivity index (χ4n) is 4.71. The quantitative estimate of drug-likeness (QED) is 0.709. The van der Waals surface area contributed by atoms with Crippen LogP contribution in [0.15, 0.2) is 60.4 Å². The standard InChI is InChI=1S/C26H33N3O/c1-3-28(2)25-16-15-24(22-13-7-8-14-23(22)25)26(30)27-21-12-9-17-29(19-21)18-20-10-5-4-6-11-20/h7-9,12-17,20H,3-6,10-11,18-19H2,1-2H3,(H,27,30). The van der Waals surface area contributed by atoms with E-state index in [1.165, 1.54) is 32.1 Å². The third-order valence-electron chi connectivity index (χ3n) is 6.49. The lowest BCUT2D eigenvalue weighted by molar-refractivity contribution is 0.0964. The van der Waals surface area contributed by atoms with Gasteiger partial charge in [0.05, 0.1) is 6.54 Å². The summed E-state index contributed by atoms with van der Waals surface area (Å²) in [5.74, 6) is 0.751. The van der Waals surface area contributed by atoms with Gasteiger partial charge in [-0.25, -0.2) is 0 Å². The van der Waals surface area contributed by atoms with E-state index in [4.69, 9.17) is 0 Å². The fourth-order valence-corrected chi connectivity index (χ4v) is 4.71. The lowest BCUT2D eigenvalue weighted by Crippen LogP contribution is -2.35. The molecule has 0 radical (unpaired) electrons. The Balaban J connectivity index is 1.48. The molecule has 0 spiro atoms. The van der Waals surface area contributed by atoms with E-state index in [0.29, 0.717) is 0 Å². The van der Waals surface area contributed by atoms with Crippen molar-refractivity contribution in [2.24, 2.45) is 5.92 Å². The predicted molar refractivity (Wildman–Crippen MR) is 126 cm³/mol. The van der Waals surface area contributed by atoms with Crippen LogP contribution < -0.4 is 10.2 Å². The molecule has 1 heterocycles. The summed E-state index contributed by atoms with van der Waals surface area (Å²) >= 11 is 0. The Morgan fingerprint density at radius 3 is 2.63 bits per heavy atom. The Hall–Kier alpha value is -2.75. The van der Waals surface area contributed by atoms with Crippen LogP contribution in [0.1, 0.15) is 49.4 Å². The smallest absolute Gasteiger partial charge is 0.256 e. The van der Waals surface area contributed by atoms with Crippen LogP contribution in [0.2, 0.25) is 0 Å². The summed E-state index contributed by atoms with van der Waals surface area (Å²) in [7, 11) is 2.08. The number of fused-ring (bicyclic) bond motifs is 1. The molecule has 4 nitrogen and oxygen atoms in total. The SMILES string of the molecule is CCN(C)c1ccc(C(=O)NC2=CC=CN(CC3CCCCC3)C2)c2ccccc12. The van der Waals surface area contributed by atoms with E-state index in [9.17, 15) is 4.79 Å². The van der Waals surface area contributed by atoms with Crippen molar-refractivity contribution in [1.82, 2.24) is 10.2 Å². The molecule has 0 bridgehead atoms. The molecular formula is C26H33N3O. The Bertz CT molecular complexity index is 956. The molecule has 1 fully saturated rings. The third kappa shape index (κ3) is 4.53. The van der Waals surface area contributed by atoms with Crippen LogP contribution in [-0.4, -0.2) is 37.5 Å². The molecule has 1 saturated carbocycles. The van der Waals surface area contributed by atoms with Crippen LogP contribution in [0.5, 0.6) is 0 Å². The zero-order valence-electron chi connectivity index (χ0n) is 18.2. The second kappa shape index (κ2) is 9.38. The van der Waals surface area contributed by atoms with E-state index in [2.05, 4.69) is 53.5 Å². The van der Waals surface area contributed by atoms with Gasteiger partial charge in [0.2, 0.25) is 0 Å². The molecule has 0 aromatic heterocycles. The van der Waals surface area contributed by atoms with Gasteiger partial charge in [-0.05, 0) is 61.6 Å². The number of nitrogens with zero attached hydrogens (tertiary/aromatic N) is 2. The number of amides is 1. The summed E-state index contributed by atoms with van der Waals surface area (Å²) < 4.78 is 0. The number of hydrogen-bond acceptors (Lipinski definition) is 3. The van der Waals surface area contributed by atoms with Crippen LogP contribution in [0.25, 0.3) is 10.8 Å². The van der Waals surface area contributed by atoms with Crippen molar-refractivity contribution in [3.05, 3.63) is 66.0 Å². The minimum absolute atomic E-state index is 0.0314. The Morgan fingerprint density at radius 2 is 1.87 bits per heavy atom. The zero-order valence-corrected chi connectivity index (χ0v) is 18.2. The highest BCUT2D eigenvalue weighted by atomic mass is 16.1. The molecule has 4 heteroatoms.